The summed E-state index contributed by atoms with van der Waals surface area (Å²) in [5, 5.41) is 31.1. The fourth-order valence-electron chi connectivity index (χ4n) is 4.96. The van der Waals surface area contributed by atoms with E-state index < -0.39 is 28.1 Å². The highest BCUT2D eigenvalue weighted by molar-refractivity contribution is 6.08. The fourth-order valence-corrected chi connectivity index (χ4v) is 4.96. The van der Waals surface area contributed by atoms with Gasteiger partial charge in [0.1, 0.15) is 28.2 Å². The average molecular weight is 533 g/mol. The van der Waals surface area contributed by atoms with Gasteiger partial charge in [0.05, 0.1) is 11.0 Å². The smallest absolute Gasteiger partial charge is 0.208 e. The maximum absolute atomic E-state index is 13.9. The molecule has 6 nitrogen and oxygen atoms in total. The number of phenols is 2. The summed E-state index contributed by atoms with van der Waals surface area (Å²) < 4.78 is 5.93. The van der Waals surface area contributed by atoms with Gasteiger partial charge in [0.2, 0.25) is 11.2 Å². The van der Waals surface area contributed by atoms with Crippen LogP contribution in [-0.2, 0) is 10.2 Å². The summed E-state index contributed by atoms with van der Waals surface area (Å²) in [6.07, 6.45) is 13.1. The number of fused-ring (bicyclic) bond motifs is 2. The first-order valence-corrected chi connectivity index (χ1v) is 13.4. The van der Waals surface area contributed by atoms with Crippen molar-refractivity contribution in [2.45, 2.75) is 85.5 Å². The lowest BCUT2D eigenvalue weighted by Crippen LogP contribution is -2.43. The molecular formula is C33H40O6. The van der Waals surface area contributed by atoms with E-state index in [2.05, 4.69) is 12.2 Å². The number of benzene rings is 1. The number of aliphatic hydroxyl groups is 1. The molecule has 39 heavy (non-hydrogen) atoms. The number of aliphatic hydroxyl groups excluding tert-OH is 1. The third kappa shape index (κ3) is 6.80. The van der Waals surface area contributed by atoms with Gasteiger partial charge in [-0.25, -0.2) is 0 Å². The van der Waals surface area contributed by atoms with Gasteiger partial charge in [0.25, 0.3) is 0 Å². The molecule has 208 valence electrons. The summed E-state index contributed by atoms with van der Waals surface area (Å²) in [6.45, 7) is 12.2. The summed E-state index contributed by atoms with van der Waals surface area (Å²) in [6, 6.07) is 2.31. The number of aromatic hydroxyl groups is 2. The van der Waals surface area contributed by atoms with E-state index in [1.54, 1.807) is 0 Å². The summed E-state index contributed by atoms with van der Waals surface area (Å²) >= 11 is 0. The van der Waals surface area contributed by atoms with E-state index in [9.17, 15) is 24.9 Å². The number of hydrogen-bond donors (Lipinski definition) is 3. The standard InChI is InChI=1S/C33H40O6/c1-20(2)9-7-11-22(5)13-15-33(16-14-23(6)12-8-10-21(3)4)30-28(19-26(36)32(33)38)39-27-18-24(34)17-25(35)29(27)31(30)37/h9-10,13-14,17-19,34-36H,7-8,11-12,15-16H2,1-6H3/b22-13-,23-14+. The van der Waals surface area contributed by atoms with E-state index in [0.717, 1.165) is 49.0 Å². The molecule has 1 aromatic carbocycles. The topological polar surface area (TPSA) is 108 Å². The molecule has 3 N–H and O–H groups in total. The molecule has 1 atom stereocenters. The molecule has 1 aliphatic rings. The molecule has 1 aliphatic carbocycles. The van der Waals surface area contributed by atoms with Crippen LogP contribution in [0.3, 0.4) is 0 Å². The number of ketones is 1. The van der Waals surface area contributed by atoms with Crippen LogP contribution >= 0.6 is 0 Å². The Morgan fingerprint density at radius 2 is 1.36 bits per heavy atom. The molecule has 0 aliphatic heterocycles. The molecule has 1 aromatic heterocycles. The first-order valence-electron chi connectivity index (χ1n) is 13.4. The highest BCUT2D eigenvalue weighted by Gasteiger charge is 2.47. The third-order valence-electron chi connectivity index (χ3n) is 7.18. The van der Waals surface area contributed by atoms with Gasteiger partial charge < -0.3 is 19.7 Å². The van der Waals surface area contributed by atoms with Gasteiger partial charge in [-0.2, -0.15) is 0 Å². The number of Topliss-reactive ketones (excluding diaryl/α,β-unsaturated/α-hetero) is 1. The van der Waals surface area contributed by atoms with Crippen molar-refractivity contribution in [2.75, 3.05) is 0 Å². The van der Waals surface area contributed by atoms with E-state index in [4.69, 9.17) is 4.42 Å². The average Bonchev–Trinajstić information content (AvgIpc) is 2.83. The minimum absolute atomic E-state index is 0.0227. The van der Waals surface area contributed by atoms with E-state index in [1.807, 2.05) is 53.7 Å². The fraction of sp³-hybridized carbons (Fsp3) is 0.394. The van der Waals surface area contributed by atoms with E-state index in [0.29, 0.717) is 0 Å². The Bertz CT molecular complexity index is 1430. The van der Waals surface area contributed by atoms with Gasteiger partial charge in [-0.15, -0.1) is 0 Å². The minimum atomic E-state index is -1.41. The van der Waals surface area contributed by atoms with Crippen molar-refractivity contribution in [3.63, 3.8) is 0 Å². The molecule has 6 heteroatoms. The SMILES string of the molecule is CC(C)=CCC/C(C)=C\CC1(C/C=C(\C)CCC=C(C)C)C(=O)C(O)=Cc2oc3cc(O)cc(O)c3c(=O)c21. The Balaban J connectivity index is 2.20. The Morgan fingerprint density at radius 1 is 0.821 bits per heavy atom. The molecular weight excluding hydrogens is 492 g/mol. The molecule has 1 heterocycles. The van der Waals surface area contributed by atoms with Gasteiger partial charge in [0.15, 0.2) is 5.76 Å². The number of rotatable bonds is 10. The summed E-state index contributed by atoms with van der Waals surface area (Å²) in [5.41, 5.74) is 2.72. The first-order chi connectivity index (χ1) is 18.4. The summed E-state index contributed by atoms with van der Waals surface area (Å²) in [7, 11) is 0. The highest BCUT2D eigenvalue weighted by atomic mass is 16.3. The van der Waals surface area contributed by atoms with E-state index >= 15 is 0 Å². The maximum atomic E-state index is 13.9. The van der Waals surface area contributed by atoms with Crippen LogP contribution in [0.4, 0.5) is 0 Å². The third-order valence-corrected chi connectivity index (χ3v) is 7.18. The Hall–Kier alpha value is -3.80. The second kappa shape index (κ2) is 12.4. The van der Waals surface area contributed by atoms with Gasteiger partial charge in [-0.1, -0.05) is 46.6 Å². The molecule has 0 amide bonds. The number of allylic oxidation sites excluding steroid dienone is 9. The number of carbonyl (C=O) groups is 1. The van der Waals surface area contributed by atoms with Crippen molar-refractivity contribution in [1.29, 1.82) is 0 Å². The largest absolute Gasteiger partial charge is 0.508 e. The zero-order chi connectivity index (χ0) is 28.9. The lowest BCUT2D eigenvalue weighted by atomic mass is 9.67. The number of carbonyl (C=O) groups excluding carboxylic acids is 1. The zero-order valence-corrected chi connectivity index (χ0v) is 23.9. The van der Waals surface area contributed by atoms with E-state index in [1.165, 1.54) is 17.2 Å². The van der Waals surface area contributed by atoms with Gasteiger partial charge in [-0.3, -0.25) is 9.59 Å². The van der Waals surface area contributed by atoms with Gasteiger partial charge in [0, 0.05) is 18.2 Å². The molecule has 0 radical (unpaired) electrons. The predicted molar refractivity (Wildman–Crippen MR) is 157 cm³/mol. The number of hydrogen-bond acceptors (Lipinski definition) is 6. The van der Waals surface area contributed by atoms with Crippen LogP contribution in [-0.4, -0.2) is 21.1 Å². The van der Waals surface area contributed by atoms with E-state index in [-0.39, 0.29) is 40.9 Å². The Labute approximate surface area is 230 Å². The van der Waals surface area contributed by atoms with Crippen LogP contribution in [0.15, 0.2) is 73.7 Å². The Morgan fingerprint density at radius 3 is 1.87 bits per heavy atom. The van der Waals surface area contributed by atoms with Crippen molar-refractivity contribution in [3.8, 4) is 11.5 Å². The van der Waals surface area contributed by atoms with Crippen molar-refractivity contribution in [1.82, 2.24) is 0 Å². The van der Waals surface area contributed by atoms with Crippen molar-refractivity contribution >= 4 is 22.8 Å². The summed E-state index contributed by atoms with van der Waals surface area (Å²) in [4.78, 5) is 27.7. The molecule has 1 unspecified atom stereocenters. The second-order valence-corrected chi connectivity index (χ2v) is 11.1. The molecule has 3 rings (SSSR count). The first kappa shape index (κ1) is 29.8. The normalized spacial score (nSPS) is 17.6. The quantitative estimate of drug-likeness (QED) is 0.267. The summed E-state index contributed by atoms with van der Waals surface area (Å²) in [5.74, 6) is -1.68. The second-order valence-electron chi connectivity index (χ2n) is 11.1. The lowest BCUT2D eigenvalue weighted by Gasteiger charge is -2.34. The Kier molecular flexibility index (Phi) is 9.44. The predicted octanol–water partition coefficient (Wildman–Crippen LogP) is 8.09. The molecule has 0 saturated heterocycles. The zero-order valence-electron chi connectivity index (χ0n) is 23.9. The molecule has 2 aromatic rings. The van der Waals surface area contributed by atoms with Crippen LogP contribution in [0.1, 0.15) is 91.4 Å². The van der Waals surface area contributed by atoms with Crippen LogP contribution < -0.4 is 5.43 Å². The maximum Gasteiger partial charge on any atom is 0.208 e. The molecule has 0 saturated carbocycles. The van der Waals surface area contributed by atoms with Crippen LogP contribution in [0, 0.1) is 0 Å². The highest BCUT2D eigenvalue weighted by Crippen LogP contribution is 2.43. The van der Waals surface area contributed by atoms with Crippen LogP contribution in [0.2, 0.25) is 0 Å². The number of phenolic OH excluding ortho intramolecular Hbond substituents is 2. The van der Waals surface area contributed by atoms with Crippen LogP contribution in [0.5, 0.6) is 11.5 Å². The van der Waals surface area contributed by atoms with Crippen LogP contribution in [0.25, 0.3) is 17.0 Å². The van der Waals surface area contributed by atoms with Crippen molar-refractivity contribution in [3.05, 3.63) is 86.0 Å². The van der Waals surface area contributed by atoms with Crippen molar-refractivity contribution in [2.24, 2.45) is 0 Å². The minimum Gasteiger partial charge on any atom is -0.508 e. The van der Waals surface area contributed by atoms with Gasteiger partial charge >= 0.3 is 0 Å². The van der Waals surface area contributed by atoms with Gasteiger partial charge in [-0.05, 0) is 80.1 Å². The molecule has 0 spiro atoms. The van der Waals surface area contributed by atoms with Crippen molar-refractivity contribution < 1.29 is 24.5 Å². The molecule has 0 bridgehead atoms. The molecule has 0 fully saturated rings. The lowest BCUT2D eigenvalue weighted by molar-refractivity contribution is -0.123. The monoisotopic (exact) mass is 532 g/mol.